The minimum atomic E-state index is 0.493. The largest absolute Gasteiger partial charge is 0.493 e. The normalized spacial score (nSPS) is 18.7. The van der Waals surface area contributed by atoms with Crippen LogP contribution in [0.2, 0.25) is 0 Å². The molecule has 0 radical (unpaired) electrons. The summed E-state index contributed by atoms with van der Waals surface area (Å²) in [5.41, 5.74) is 0.968. The standard InChI is InChI=1S/C20H27N3O2/c1-24-17-12-15-16(13-18(17)25-2)21-19(14-8-4-3-5-9-14)22-20(15)23-10-6-7-11-23/h12-14H,3-11H2,1-2H3. The number of anilines is 1. The Hall–Kier alpha value is -2.04. The molecule has 1 aromatic carbocycles. The Balaban J connectivity index is 1.86. The van der Waals surface area contributed by atoms with E-state index in [2.05, 4.69) is 4.90 Å². The predicted octanol–water partition coefficient (Wildman–Crippen LogP) is 4.29. The molecule has 2 heterocycles. The van der Waals surface area contributed by atoms with E-state index in [0.29, 0.717) is 5.92 Å². The van der Waals surface area contributed by atoms with Crippen LogP contribution < -0.4 is 14.4 Å². The number of aromatic nitrogens is 2. The third-order valence-corrected chi connectivity index (χ3v) is 5.57. The number of methoxy groups -OCH3 is 2. The minimum absolute atomic E-state index is 0.493. The molecule has 4 rings (SSSR count). The summed E-state index contributed by atoms with van der Waals surface area (Å²) in [6.45, 7) is 2.15. The zero-order chi connectivity index (χ0) is 17.2. The monoisotopic (exact) mass is 341 g/mol. The average molecular weight is 341 g/mol. The first-order valence-corrected chi connectivity index (χ1v) is 9.49. The van der Waals surface area contributed by atoms with Gasteiger partial charge in [-0.3, -0.25) is 0 Å². The van der Waals surface area contributed by atoms with Crippen LogP contribution in [0.4, 0.5) is 5.82 Å². The highest BCUT2D eigenvalue weighted by Crippen LogP contribution is 2.38. The molecule has 2 fully saturated rings. The Morgan fingerprint density at radius 1 is 0.880 bits per heavy atom. The van der Waals surface area contributed by atoms with E-state index in [-0.39, 0.29) is 0 Å². The van der Waals surface area contributed by atoms with Crippen molar-refractivity contribution in [2.24, 2.45) is 0 Å². The van der Waals surface area contributed by atoms with Crippen LogP contribution in [-0.2, 0) is 0 Å². The van der Waals surface area contributed by atoms with E-state index in [1.54, 1.807) is 14.2 Å². The van der Waals surface area contributed by atoms with Gasteiger partial charge in [0.25, 0.3) is 0 Å². The predicted molar refractivity (Wildman–Crippen MR) is 99.9 cm³/mol. The van der Waals surface area contributed by atoms with Gasteiger partial charge in [0.2, 0.25) is 0 Å². The lowest BCUT2D eigenvalue weighted by atomic mass is 9.88. The molecule has 0 atom stereocenters. The van der Waals surface area contributed by atoms with Crippen LogP contribution in [0.3, 0.4) is 0 Å². The first kappa shape index (κ1) is 16.4. The molecule has 2 aliphatic rings. The van der Waals surface area contributed by atoms with E-state index in [1.165, 1.54) is 44.9 Å². The molecule has 134 valence electrons. The lowest BCUT2D eigenvalue weighted by Gasteiger charge is -2.24. The van der Waals surface area contributed by atoms with Crippen molar-refractivity contribution < 1.29 is 9.47 Å². The van der Waals surface area contributed by atoms with Crippen molar-refractivity contribution in [2.45, 2.75) is 50.9 Å². The van der Waals surface area contributed by atoms with Crippen LogP contribution in [-0.4, -0.2) is 37.3 Å². The third kappa shape index (κ3) is 3.12. The van der Waals surface area contributed by atoms with Crippen molar-refractivity contribution >= 4 is 16.7 Å². The third-order valence-electron chi connectivity index (χ3n) is 5.57. The summed E-state index contributed by atoms with van der Waals surface area (Å²) in [6.07, 6.45) is 8.80. The molecule has 0 unspecified atom stereocenters. The van der Waals surface area contributed by atoms with Gasteiger partial charge in [0.1, 0.15) is 11.6 Å². The topological polar surface area (TPSA) is 47.5 Å². The van der Waals surface area contributed by atoms with Crippen LogP contribution >= 0.6 is 0 Å². The van der Waals surface area contributed by atoms with E-state index in [4.69, 9.17) is 19.4 Å². The molecular weight excluding hydrogens is 314 g/mol. The number of hydrogen-bond donors (Lipinski definition) is 0. The van der Waals surface area contributed by atoms with Gasteiger partial charge in [-0.05, 0) is 31.7 Å². The molecule has 0 N–H and O–H groups in total. The maximum Gasteiger partial charge on any atom is 0.162 e. The van der Waals surface area contributed by atoms with Crippen molar-refractivity contribution in [1.82, 2.24) is 9.97 Å². The van der Waals surface area contributed by atoms with Crippen LogP contribution in [0, 0.1) is 0 Å². The Bertz CT molecular complexity index is 750. The lowest BCUT2D eigenvalue weighted by Crippen LogP contribution is -2.21. The molecule has 1 aromatic heterocycles. The molecule has 1 aliphatic carbocycles. The molecule has 1 saturated heterocycles. The van der Waals surface area contributed by atoms with Crippen LogP contribution in [0.15, 0.2) is 12.1 Å². The summed E-state index contributed by atoms with van der Waals surface area (Å²) in [5.74, 6) is 4.05. The van der Waals surface area contributed by atoms with Gasteiger partial charge >= 0.3 is 0 Å². The molecule has 0 bridgehead atoms. The van der Waals surface area contributed by atoms with Gasteiger partial charge in [-0.25, -0.2) is 9.97 Å². The van der Waals surface area contributed by atoms with Gasteiger partial charge in [0.05, 0.1) is 19.7 Å². The van der Waals surface area contributed by atoms with Crippen molar-refractivity contribution in [2.75, 3.05) is 32.2 Å². The molecule has 25 heavy (non-hydrogen) atoms. The SMILES string of the molecule is COc1cc2nc(C3CCCCC3)nc(N3CCCC3)c2cc1OC. The number of fused-ring (bicyclic) bond motifs is 1. The van der Waals surface area contributed by atoms with Crippen molar-refractivity contribution in [3.8, 4) is 11.5 Å². The van der Waals surface area contributed by atoms with Gasteiger partial charge in [0, 0.05) is 30.5 Å². The summed E-state index contributed by atoms with van der Waals surface area (Å²) in [6, 6.07) is 4.04. The second-order valence-corrected chi connectivity index (χ2v) is 7.16. The second-order valence-electron chi connectivity index (χ2n) is 7.16. The maximum atomic E-state index is 5.51. The van der Waals surface area contributed by atoms with E-state index in [9.17, 15) is 0 Å². The molecule has 2 aromatic rings. The molecule has 5 heteroatoms. The molecule has 0 amide bonds. The highest BCUT2D eigenvalue weighted by Gasteiger charge is 2.24. The highest BCUT2D eigenvalue weighted by molar-refractivity contribution is 5.92. The summed E-state index contributed by atoms with van der Waals surface area (Å²) in [5, 5.41) is 1.07. The van der Waals surface area contributed by atoms with Crippen LogP contribution in [0.1, 0.15) is 56.7 Å². The minimum Gasteiger partial charge on any atom is -0.493 e. The lowest BCUT2D eigenvalue weighted by molar-refractivity contribution is 0.355. The van der Waals surface area contributed by atoms with E-state index >= 15 is 0 Å². The van der Waals surface area contributed by atoms with Crippen LogP contribution in [0.25, 0.3) is 10.9 Å². The van der Waals surface area contributed by atoms with Gasteiger partial charge in [-0.2, -0.15) is 0 Å². The van der Waals surface area contributed by atoms with Gasteiger partial charge in [-0.1, -0.05) is 19.3 Å². The number of rotatable bonds is 4. The van der Waals surface area contributed by atoms with E-state index in [0.717, 1.165) is 47.1 Å². The van der Waals surface area contributed by atoms with Crippen molar-refractivity contribution in [3.63, 3.8) is 0 Å². The Kier molecular flexibility index (Phi) is 4.64. The Morgan fingerprint density at radius 3 is 2.24 bits per heavy atom. The fourth-order valence-corrected chi connectivity index (χ4v) is 4.17. The quantitative estimate of drug-likeness (QED) is 0.830. The molecular formula is C20H27N3O2. The summed E-state index contributed by atoms with van der Waals surface area (Å²) in [7, 11) is 3.35. The number of ether oxygens (including phenoxy) is 2. The zero-order valence-electron chi connectivity index (χ0n) is 15.3. The average Bonchev–Trinajstić information content (AvgIpc) is 3.21. The van der Waals surface area contributed by atoms with Crippen LogP contribution in [0.5, 0.6) is 11.5 Å². The summed E-state index contributed by atoms with van der Waals surface area (Å²) < 4.78 is 11.0. The molecule has 1 saturated carbocycles. The van der Waals surface area contributed by atoms with E-state index < -0.39 is 0 Å². The van der Waals surface area contributed by atoms with Gasteiger partial charge in [-0.15, -0.1) is 0 Å². The highest BCUT2D eigenvalue weighted by atomic mass is 16.5. The number of benzene rings is 1. The number of hydrogen-bond acceptors (Lipinski definition) is 5. The number of nitrogens with zero attached hydrogens (tertiary/aromatic N) is 3. The fraction of sp³-hybridized carbons (Fsp3) is 0.600. The van der Waals surface area contributed by atoms with Gasteiger partial charge in [0.15, 0.2) is 11.5 Å². The Labute approximate surface area is 149 Å². The molecule has 5 nitrogen and oxygen atoms in total. The fourth-order valence-electron chi connectivity index (χ4n) is 4.17. The molecule has 0 spiro atoms. The first-order valence-electron chi connectivity index (χ1n) is 9.49. The smallest absolute Gasteiger partial charge is 0.162 e. The molecule has 1 aliphatic heterocycles. The maximum absolute atomic E-state index is 5.51. The zero-order valence-corrected chi connectivity index (χ0v) is 15.3. The Morgan fingerprint density at radius 2 is 1.56 bits per heavy atom. The van der Waals surface area contributed by atoms with Crippen molar-refractivity contribution in [1.29, 1.82) is 0 Å². The second kappa shape index (κ2) is 7.06. The van der Waals surface area contributed by atoms with Crippen molar-refractivity contribution in [3.05, 3.63) is 18.0 Å². The summed E-state index contributed by atoms with van der Waals surface area (Å²) >= 11 is 0. The van der Waals surface area contributed by atoms with E-state index in [1.807, 2.05) is 12.1 Å². The summed E-state index contributed by atoms with van der Waals surface area (Å²) in [4.78, 5) is 12.4. The van der Waals surface area contributed by atoms with Gasteiger partial charge < -0.3 is 14.4 Å². The first-order chi connectivity index (χ1) is 12.3.